The smallest absolute Gasteiger partial charge is 0.287 e. The van der Waals surface area contributed by atoms with E-state index in [1.165, 1.54) is 12.1 Å². The highest BCUT2D eigenvalue weighted by molar-refractivity contribution is 6.29. The molecule has 1 aliphatic carbocycles. The summed E-state index contributed by atoms with van der Waals surface area (Å²) in [4.78, 5) is 12.0. The van der Waals surface area contributed by atoms with E-state index in [1.54, 1.807) is 0 Å². The molecule has 0 aliphatic heterocycles. The van der Waals surface area contributed by atoms with Gasteiger partial charge in [0.25, 0.3) is 5.91 Å². The second-order valence-corrected chi connectivity index (χ2v) is 4.70. The molecule has 2 rings (SSSR count). The Labute approximate surface area is 109 Å². The van der Waals surface area contributed by atoms with Crippen molar-refractivity contribution >= 4 is 23.3 Å². The summed E-state index contributed by atoms with van der Waals surface area (Å²) in [5.41, 5.74) is 4.89. The zero-order valence-electron chi connectivity index (χ0n) is 9.65. The Kier molecular flexibility index (Phi) is 3.47. The molecule has 1 amide bonds. The molecule has 0 spiro atoms. The number of nitrogens with two attached hydrogens (primary N) is 1. The lowest BCUT2D eigenvalue weighted by Gasteiger charge is -2.28. The first kappa shape index (κ1) is 12.8. The maximum absolute atomic E-state index is 12.0. The lowest BCUT2D eigenvalue weighted by molar-refractivity contribution is 0.0894. The fourth-order valence-corrected chi connectivity index (χ4v) is 2.38. The van der Waals surface area contributed by atoms with Gasteiger partial charge >= 0.3 is 0 Å². The second kappa shape index (κ2) is 4.89. The second-order valence-electron chi connectivity index (χ2n) is 4.33. The molecule has 1 fully saturated rings. The molecule has 0 saturated heterocycles. The van der Waals surface area contributed by atoms with Gasteiger partial charge in [0.15, 0.2) is 16.8 Å². The molecule has 1 aliphatic rings. The Morgan fingerprint density at radius 2 is 2.17 bits per heavy atom. The zero-order valence-corrected chi connectivity index (χ0v) is 10.4. The summed E-state index contributed by atoms with van der Waals surface area (Å²) >= 11 is 5.61. The van der Waals surface area contributed by atoms with Crippen LogP contribution in [-0.2, 0) is 0 Å². The van der Waals surface area contributed by atoms with Gasteiger partial charge in [-0.15, -0.1) is 0 Å². The molecule has 0 aromatic carbocycles. The van der Waals surface area contributed by atoms with Crippen LogP contribution in [0, 0.1) is 0 Å². The minimum absolute atomic E-state index is 0.0194. The predicted octanol–water partition coefficient (Wildman–Crippen LogP) is 1.72. The van der Waals surface area contributed by atoms with Crippen molar-refractivity contribution in [3.8, 4) is 0 Å². The van der Waals surface area contributed by atoms with Crippen molar-refractivity contribution in [3.05, 3.63) is 23.1 Å². The fourth-order valence-electron chi connectivity index (χ4n) is 2.23. The Morgan fingerprint density at radius 1 is 1.50 bits per heavy atom. The van der Waals surface area contributed by atoms with E-state index < -0.39 is 11.4 Å². The van der Waals surface area contributed by atoms with E-state index >= 15 is 0 Å². The molecule has 1 saturated carbocycles. The topological polar surface area (TPSA) is 101 Å². The lowest BCUT2D eigenvalue weighted by Crippen LogP contribution is -2.55. The van der Waals surface area contributed by atoms with Crippen molar-refractivity contribution in [1.29, 1.82) is 0 Å². The number of amidine groups is 1. The summed E-state index contributed by atoms with van der Waals surface area (Å²) < 4.78 is 5.02. The standard InChI is InChI=1S/C11H14ClN3O3/c12-8-4-3-7(18-8)9(16)14-11(10(13)15-17)5-1-2-6-11/h3-4,17H,1-2,5-6H2,(H2,13,15)(H,14,16). The van der Waals surface area contributed by atoms with Crippen molar-refractivity contribution in [2.75, 3.05) is 0 Å². The molecule has 0 radical (unpaired) electrons. The average molecular weight is 272 g/mol. The van der Waals surface area contributed by atoms with Crippen LogP contribution in [0.3, 0.4) is 0 Å². The van der Waals surface area contributed by atoms with Gasteiger partial charge in [-0.25, -0.2) is 0 Å². The number of hydrogen-bond donors (Lipinski definition) is 3. The van der Waals surface area contributed by atoms with Crippen LogP contribution in [0.25, 0.3) is 0 Å². The van der Waals surface area contributed by atoms with Gasteiger partial charge in [0.05, 0.1) is 0 Å². The molecule has 0 atom stereocenters. The summed E-state index contributed by atoms with van der Waals surface area (Å²) in [6.45, 7) is 0. The van der Waals surface area contributed by atoms with Crippen LogP contribution >= 0.6 is 11.6 Å². The number of carbonyl (C=O) groups excluding carboxylic acids is 1. The van der Waals surface area contributed by atoms with E-state index in [1.807, 2.05) is 0 Å². The van der Waals surface area contributed by atoms with Gasteiger partial charge in [-0.2, -0.15) is 0 Å². The van der Waals surface area contributed by atoms with Crippen molar-refractivity contribution in [1.82, 2.24) is 5.32 Å². The minimum Gasteiger partial charge on any atom is -0.440 e. The van der Waals surface area contributed by atoms with Crippen LogP contribution in [0.4, 0.5) is 0 Å². The van der Waals surface area contributed by atoms with Gasteiger partial charge in [0.2, 0.25) is 0 Å². The van der Waals surface area contributed by atoms with E-state index in [0.717, 1.165) is 12.8 Å². The van der Waals surface area contributed by atoms with E-state index in [2.05, 4.69) is 10.5 Å². The number of nitrogens with zero attached hydrogens (tertiary/aromatic N) is 1. The monoisotopic (exact) mass is 271 g/mol. The van der Waals surface area contributed by atoms with Crippen LogP contribution in [0.2, 0.25) is 5.22 Å². The van der Waals surface area contributed by atoms with Crippen LogP contribution in [0.15, 0.2) is 21.7 Å². The molecule has 0 bridgehead atoms. The lowest BCUT2D eigenvalue weighted by atomic mass is 9.96. The van der Waals surface area contributed by atoms with Crippen molar-refractivity contribution in [3.63, 3.8) is 0 Å². The van der Waals surface area contributed by atoms with Gasteiger partial charge in [-0.1, -0.05) is 18.0 Å². The van der Waals surface area contributed by atoms with Crippen molar-refractivity contribution < 1.29 is 14.4 Å². The van der Waals surface area contributed by atoms with E-state index in [-0.39, 0.29) is 16.8 Å². The van der Waals surface area contributed by atoms with E-state index in [9.17, 15) is 4.79 Å². The maximum atomic E-state index is 12.0. The molecular weight excluding hydrogens is 258 g/mol. The van der Waals surface area contributed by atoms with Gasteiger partial charge in [0.1, 0.15) is 5.54 Å². The van der Waals surface area contributed by atoms with Gasteiger partial charge in [0, 0.05) is 0 Å². The summed E-state index contributed by atoms with van der Waals surface area (Å²) in [5, 5.41) is 14.7. The number of nitrogens with one attached hydrogen (secondary N) is 1. The third-order valence-electron chi connectivity index (χ3n) is 3.20. The number of furan rings is 1. The normalized spacial score (nSPS) is 18.8. The number of amides is 1. The number of halogens is 1. The quantitative estimate of drug-likeness (QED) is 0.337. The van der Waals surface area contributed by atoms with Crippen LogP contribution < -0.4 is 11.1 Å². The van der Waals surface area contributed by atoms with Gasteiger partial charge in [-0.05, 0) is 36.6 Å². The van der Waals surface area contributed by atoms with Crippen LogP contribution in [0.5, 0.6) is 0 Å². The molecule has 1 heterocycles. The predicted molar refractivity (Wildman–Crippen MR) is 65.8 cm³/mol. The number of oxime groups is 1. The third kappa shape index (κ3) is 2.28. The maximum Gasteiger partial charge on any atom is 0.287 e. The molecule has 98 valence electrons. The molecule has 0 unspecified atom stereocenters. The van der Waals surface area contributed by atoms with Crippen LogP contribution in [0.1, 0.15) is 36.2 Å². The van der Waals surface area contributed by atoms with E-state index in [0.29, 0.717) is 12.8 Å². The number of carbonyl (C=O) groups is 1. The molecule has 18 heavy (non-hydrogen) atoms. The molecule has 1 aromatic heterocycles. The minimum atomic E-state index is -0.787. The Morgan fingerprint density at radius 3 is 2.67 bits per heavy atom. The van der Waals surface area contributed by atoms with E-state index in [4.69, 9.17) is 27.0 Å². The number of hydrogen-bond acceptors (Lipinski definition) is 4. The first-order valence-corrected chi connectivity index (χ1v) is 6.01. The molecule has 6 nitrogen and oxygen atoms in total. The van der Waals surface area contributed by atoms with Crippen molar-refractivity contribution in [2.45, 2.75) is 31.2 Å². The number of rotatable bonds is 3. The fraction of sp³-hybridized carbons (Fsp3) is 0.455. The zero-order chi connectivity index (χ0) is 13.2. The molecule has 4 N–H and O–H groups in total. The Bertz CT molecular complexity index is 478. The third-order valence-corrected chi connectivity index (χ3v) is 3.41. The summed E-state index contributed by atoms with van der Waals surface area (Å²) in [7, 11) is 0. The Balaban J connectivity index is 2.17. The van der Waals surface area contributed by atoms with Crippen molar-refractivity contribution in [2.24, 2.45) is 10.9 Å². The van der Waals surface area contributed by atoms with Crippen LogP contribution in [-0.4, -0.2) is 22.5 Å². The SMILES string of the molecule is N/C(=N/O)C1(NC(=O)c2ccc(Cl)o2)CCCC1. The Hall–Kier alpha value is -1.69. The highest BCUT2D eigenvalue weighted by atomic mass is 35.5. The molecule has 1 aromatic rings. The highest BCUT2D eigenvalue weighted by Crippen LogP contribution is 2.30. The van der Waals surface area contributed by atoms with Gasteiger partial charge < -0.3 is 20.7 Å². The summed E-state index contributed by atoms with van der Waals surface area (Å²) in [5.74, 6) is -0.293. The summed E-state index contributed by atoms with van der Waals surface area (Å²) in [6.07, 6.45) is 3.11. The van der Waals surface area contributed by atoms with Gasteiger partial charge in [-0.3, -0.25) is 4.79 Å². The first-order chi connectivity index (χ1) is 8.57. The summed E-state index contributed by atoms with van der Waals surface area (Å²) in [6, 6.07) is 2.97. The average Bonchev–Trinajstić information content (AvgIpc) is 2.98. The molecule has 7 heteroatoms. The molecular formula is C11H14ClN3O3. The first-order valence-electron chi connectivity index (χ1n) is 5.63. The highest BCUT2D eigenvalue weighted by Gasteiger charge is 2.40. The largest absolute Gasteiger partial charge is 0.440 e.